The summed E-state index contributed by atoms with van der Waals surface area (Å²) in [6, 6.07) is 30.4. The molecular formula is C32H25N3O6. The predicted octanol–water partition coefficient (Wildman–Crippen LogP) is 6.17. The van der Waals surface area contributed by atoms with Crippen molar-refractivity contribution in [3.8, 4) is 23.0 Å². The molecule has 0 radical (unpaired) electrons. The van der Waals surface area contributed by atoms with Gasteiger partial charge in [0.15, 0.2) is 0 Å². The maximum Gasteiger partial charge on any atom is 0.345 e. The van der Waals surface area contributed by atoms with Crippen molar-refractivity contribution in [3.63, 3.8) is 0 Å². The Labute approximate surface area is 235 Å². The number of para-hydroxylation sites is 2. The van der Waals surface area contributed by atoms with Gasteiger partial charge in [-0.3, -0.25) is 0 Å². The Kier molecular flexibility index (Phi) is 7.42. The molecule has 0 heterocycles. The molecule has 0 aliphatic rings. The Hall–Kier alpha value is -5.96. The number of ether oxygens (including phenoxy) is 2. The second-order valence-electron chi connectivity index (χ2n) is 8.96. The van der Waals surface area contributed by atoms with E-state index in [1.807, 2.05) is 0 Å². The van der Waals surface area contributed by atoms with Gasteiger partial charge in [0.05, 0.1) is 28.2 Å². The number of phenols is 2. The lowest BCUT2D eigenvalue weighted by Gasteiger charge is -2.28. The topological polar surface area (TPSA) is 148 Å². The number of hydrogen-bond acceptors (Lipinski definition) is 9. The molecule has 0 saturated carbocycles. The van der Waals surface area contributed by atoms with Gasteiger partial charge in [-0.1, -0.05) is 36.4 Å². The highest BCUT2D eigenvalue weighted by molar-refractivity contribution is 6.03. The first-order valence-corrected chi connectivity index (χ1v) is 12.5. The number of carbonyl (C=O) groups is 2. The number of benzene rings is 5. The fourth-order valence-corrected chi connectivity index (χ4v) is 4.09. The third kappa shape index (κ3) is 5.89. The number of anilines is 5. The van der Waals surface area contributed by atoms with Gasteiger partial charge in [-0.25, -0.2) is 9.59 Å². The van der Waals surface area contributed by atoms with Crippen LogP contribution >= 0.6 is 0 Å². The van der Waals surface area contributed by atoms with E-state index in [2.05, 4.69) is 0 Å². The van der Waals surface area contributed by atoms with Gasteiger partial charge in [-0.15, -0.1) is 0 Å². The van der Waals surface area contributed by atoms with Crippen molar-refractivity contribution in [2.24, 2.45) is 0 Å². The van der Waals surface area contributed by atoms with Crippen LogP contribution in [0.1, 0.15) is 20.7 Å². The third-order valence-electron chi connectivity index (χ3n) is 6.15. The summed E-state index contributed by atoms with van der Waals surface area (Å²) in [4.78, 5) is 28.2. The Morgan fingerprint density at radius 1 is 0.585 bits per heavy atom. The van der Waals surface area contributed by atoms with E-state index < -0.39 is 11.9 Å². The number of aromatic hydroxyl groups is 2. The van der Waals surface area contributed by atoms with Gasteiger partial charge < -0.3 is 36.1 Å². The molecule has 5 rings (SSSR count). The van der Waals surface area contributed by atoms with Crippen molar-refractivity contribution >= 4 is 40.4 Å². The molecule has 9 nitrogen and oxygen atoms in total. The summed E-state index contributed by atoms with van der Waals surface area (Å²) < 4.78 is 11.1. The van der Waals surface area contributed by atoms with Crippen LogP contribution < -0.4 is 25.8 Å². The van der Waals surface area contributed by atoms with Gasteiger partial charge in [0.2, 0.25) is 0 Å². The lowest BCUT2D eigenvalue weighted by atomic mass is 10.0. The van der Waals surface area contributed by atoms with Gasteiger partial charge in [-0.2, -0.15) is 0 Å². The number of nitrogens with two attached hydrogens (primary N) is 2. The average molecular weight is 548 g/mol. The number of nitrogen functional groups attached to an aromatic ring is 2. The van der Waals surface area contributed by atoms with Crippen molar-refractivity contribution < 1.29 is 29.3 Å². The molecule has 0 saturated heterocycles. The zero-order chi connectivity index (χ0) is 28.9. The third-order valence-corrected chi connectivity index (χ3v) is 6.15. The van der Waals surface area contributed by atoms with E-state index in [4.69, 9.17) is 20.9 Å². The van der Waals surface area contributed by atoms with Crippen LogP contribution in [0.4, 0.5) is 28.4 Å². The maximum absolute atomic E-state index is 13.5. The van der Waals surface area contributed by atoms with Crippen LogP contribution in [0.15, 0.2) is 115 Å². The number of phenolic OH excluding ortho intramolecular Hbond substituents is 2. The Balaban J connectivity index is 1.68. The van der Waals surface area contributed by atoms with Gasteiger partial charge >= 0.3 is 11.9 Å². The molecule has 0 fully saturated rings. The molecule has 0 amide bonds. The van der Waals surface area contributed by atoms with Crippen molar-refractivity contribution in [1.82, 2.24) is 0 Å². The molecule has 6 N–H and O–H groups in total. The van der Waals surface area contributed by atoms with Crippen LogP contribution in [0.5, 0.6) is 23.0 Å². The first-order chi connectivity index (χ1) is 19.8. The fourth-order valence-electron chi connectivity index (χ4n) is 4.09. The number of hydrogen-bond donors (Lipinski definition) is 4. The monoisotopic (exact) mass is 547 g/mol. The van der Waals surface area contributed by atoms with E-state index in [0.717, 1.165) is 0 Å². The van der Waals surface area contributed by atoms with Gasteiger partial charge in [0.1, 0.15) is 23.0 Å². The van der Waals surface area contributed by atoms with Gasteiger partial charge in [0.25, 0.3) is 0 Å². The minimum Gasteiger partial charge on any atom is -0.506 e. The Bertz CT molecular complexity index is 1670. The molecule has 0 spiro atoms. The van der Waals surface area contributed by atoms with E-state index >= 15 is 0 Å². The molecule has 0 aliphatic heterocycles. The standard InChI is InChI=1S/C32H25N3O6/c33-26-15-12-21(18-29(26)36)35(22-13-16-27(34)30(37)19-22)28-17-20(31(38)40-23-7-3-1-4-8-23)11-14-25(28)32(39)41-24-9-5-2-6-10-24/h1-19,36-37H,33-34H2. The van der Waals surface area contributed by atoms with Crippen LogP contribution in [0.3, 0.4) is 0 Å². The van der Waals surface area contributed by atoms with Gasteiger partial charge in [-0.05, 0) is 66.7 Å². The summed E-state index contributed by atoms with van der Waals surface area (Å²) in [5.41, 5.74) is 13.1. The van der Waals surface area contributed by atoms with Crippen molar-refractivity contribution in [2.75, 3.05) is 16.4 Å². The molecule has 0 atom stereocenters. The molecule has 5 aromatic carbocycles. The quantitative estimate of drug-likeness (QED) is 0.0812. The fraction of sp³-hybridized carbons (Fsp3) is 0. The minimum atomic E-state index is -0.710. The van der Waals surface area contributed by atoms with Crippen molar-refractivity contribution in [3.05, 3.63) is 126 Å². The normalized spacial score (nSPS) is 10.5. The highest BCUT2D eigenvalue weighted by Crippen LogP contribution is 2.42. The second-order valence-corrected chi connectivity index (χ2v) is 8.96. The summed E-state index contributed by atoms with van der Waals surface area (Å²) in [6.07, 6.45) is 0. The summed E-state index contributed by atoms with van der Waals surface area (Å²) in [7, 11) is 0. The second kappa shape index (κ2) is 11.4. The van der Waals surface area contributed by atoms with E-state index in [1.165, 1.54) is 42.5 Å². The lowest BCUT2D eigenvalue weighted by Crippen LogP contribution is -2.19. The van der Waals surface area contributed by atoms with Crippen LogP contribution in [0.25, 0.3) is 0 Å². The van der Waals surface area contributed by atoms with Crippen LogP contribution in [0, 0.1) is 0 Å². The first-order valence-electron chi connectivity index (χ1n) is 12.5. The smallest absolute Gasteiger partial charge is 0.345 e. The zero-order valence-electron chi connectivity index (χ0n) is 21.6. The Morgan fingerprint density at radius 3 is 1.56 bits per heavy atom. The molecule has 0 unspecified atom stereocenters. The number of esters is 2. The predicted molar refractivity (Wildman–Crippen MR) is 156 cm³/mol. The van der Waals surface area contributed by atoms with Crippen LogP contribution in [0.2, 0.25) is 0 Å². The average Bonchev–Trinajstić information content (AvgIpc) is 2.98. The number of carbonyl (C=O) groups excluding carboxylic acids is 2. The summed E-state index contributed by atoms with van der Waals surface area (Å²) in [6.45, 7) is 0. The van der Waals surface area contributed by atoms with Crippen LogP contribution in [-0.2, 0) is 0 Å². The summed E-state index contributed by atoms with van der Waals surface area (Å²) in [5, 5.41) is 20.9. The van der Waals surface area contributed by atoms with Crippen molar-refractivity contribution in [2.45, 2.75) is 0 Å². The Morgan fingerprint density at radius 2 is 1.07 bits per heavy atom. The molecule has 41 heavy (non-hydrogen) atoms. The zero-order valence-corrected chi connectivity index (χ0v) is 21.6. The molecule has 0 bridgehead atoms. The summed E-state index contributed by atoms with van der Waals surface area (Å²) in [5.74, 6) is -1.13. The largest absolute Gasteiger partial charge is 0.506 e. The lowest BCUT2D eigenvalue weighted by molar-refractivity contribution is 0.0721. The highest BCUT2D eigenvalue weighted by Gasteiger charge is 2.25. The highest BCUT2D eigenvalue weighted by atomic mass is 16.5. The molecular weight excluding hydrogens is 522 g/mol. The van der Waals surface area contributed by atoms with Crippen molar-refractivity contribution in [1.29, 1.82) is 0 Å². The molecule has 5 aromatic rings. The summed E-state index contributed by atoms with van der Waals surface area (Å²) >= 11 is 0. The first kappa shape index (κ1) is 26.6. The molecule has 0 aromatic heterocycles. The van der Waals surface area contributed by atoms with E-state index in [1.54, 1.807) is 77.7 Å². The molecule has 204 valence electrons. The minimum absolute atomic E-state index is 0.0812. The van der Waals surface area contributed by atoms with Crippen LogP contribution in [-0.4, -0.2) is 22.2 Å². The SMILES string of the molecule is Nc1ccc(N(c2ccc(N)c(O)c2)c2cc(C(=O)Oc3ccccc3)ccc2C(=O)Oc2ccccc2)cc1O. The maximum atomic E-state index is 13.5. The van der Waals surface area contributed by atoms with E-state index in [9.17, 15) is 19.8 Å². The van der Waals surface area contributed by atoms with E-state index in [0.29, 0.717) is 22.9 Å². The molecule has 0 aliphatic carbocycles. The van der Waals surface area contributed by atoms with Gasteiger partial charge in [0, 0.05) is 23.5 Å². The number of rotatable bonds is 7. The van der Waals surface area contributed by atoms with E-state index in [-0.39, 0.29) is 39.7 Å². The number of nitrogens with zero attached hydrogens (tertiary/aromatic N) is 1. The molecule has 9 heteroatoms.